The number of alkyl halides is 14. The third-order valence-corrected chi connectivity index (χ3v) is 3.28. The van der Waals surface area contributed by atoms with E-state index in [4.69, 9.17) is 5.11 Å². The molecule has 0 spiro atoms. The molecule has 0 aliphatic rings. The second-order valence-corrected chi connectivity index (χ2v) is 5.84. The van der Waals surface area contributed by atoms with Gasteiger partial charge in [0.1, 0.15) is 6.61 Å². The molecule has 0 radical (unpaired) electrons. The van der Waals surface area contributed by atoms with Gasteiger partial charge in [0.15, 0.2) is 11.5 Å². The second kappa shape index (κ2) is 9.76. The van der Waals surface area contributed by atoms with Crippen molar-refractivity contribution in [3.05, 3.63) is 24.3 Å². The fraction of sp³-hybridized carbons (Fsp3) is 0.600. The standard InChI is InChI=1S/C15H10F14O5/c16-9(10(17,18)32-8-4-2-1-3-7(8)31-6-5-30)33-15(29,13(24,25)26)34-14(27,28)11(19,20)12(21,22)23/h1-4,9,30H,5-6H2. The van der Waals surface area contributed by atoms with E-state index in [-0.39, 0.29) is 0 Å². The van der Waals surface area contributed by atoms with E-state index in [1.165, 1.54) is 0 Å². The first-order chi connectivity index (χ1) is 15.1. The SMILES string of the molecule is OCCOc1ccccc1OC(F)(F)C(F)OC(F)(OC(F)(F)C(F)(F)C(F)(F)F)C(F)(F)F. The summed E-state index contributed by atoms with van der Waals surface area (Å²) >= 11 is 0. The molecule has 0 fully saturated rings. The van der Waals surface area contributed by atoms with Crippen LogP contribution in [0.5, 0.6) is 11.5 Å². The van der Waals surface area contributed by atoms with Crippen LogP contribution in [0.4, 0.5) is 61.5 Å². The van der Waals surface area contributed by atoms with Crippen molar-refractivity contribution in [3.63, 3.8) is 0 Å². The zero-order chi connectivity index (χ0) is 26.8. The van der Waals surface area contributed by atoms with Crippen LogP contribution in [0.2, 0.25) is 0 Å². The van der Waals surface area contributed by atoms with Crippen molar-refractivity contribution in [2.24, 2.45) is 0 Å². The summed E-state index contributed by atoms with van der Waals surface area (Å²) in [5.41, 5.74) is 0. The minimum absolute atomic E-state index is 0.564. The molecule has 2 atom stereocenters. The molecule has 198 valence electrons. The molecule has 0 heterocycles. The lowest BCUT2D eigenvalue weighted by Gasteiger charge is -2.35. The van der Waals surface area contributed by atoms with Crippen molar-refractivity contribution in [2.45, 2.75) is 42.9 Å². The molecule has 2 unspecified atom stereocenters. The fourth-order valence-corrected chi connectivity index (χ4v) is 1.75. The number of rotatable bonds is 11. The van der Waals surface area contributed by atoms with Crippen LogP contribution < -0.4 is 9.47 Å². The third kappa shape index (κ3) is 6.44. The van der Waals surface area contributed by atoms with E-state index in [1.807, 2.05) is 0 Å². The van der Waals surface area contributed by atoms with Crippen molar-refractivity contribution in [2.75, 3.05) is 13.2 Å². The molecule has 1 aromatic rings. The van der Waals surface area contributed by atoms with Crippen LogP contribution in [0.1, 0.15) is 0 Å². The molecule has 5 nitrogen and oxygen atoms in total. The molecule has 19 heteroatoms. The Kier molecular flexibility index (Phi) is 8.54. The maximum Gasteiger partial charge on any atom is 0.478 e. The van der Waals surface area contributed by atoms with E-state index in [9.17, 15) is 61.5 Å². The molecule has 34 heavy (non-hydrogen) atoms. The maximum atomic E-state index is 13.8. The van der Waals surface area contributed by atoms with Crippen molar-refractivity contribution < 1.29 is 85.5 Å². The normalized spacial score (nSPS) is 16.7. The zero-order valence-corrected chi connectivity index (χ0v) is 15.7. The highest BCUT2D eigenvalue weighted by molar-refractivity contribution is 5.39. The van der Waals surface area contributed by atoms with Crippen molar-refractivity contribution in [1.29, 1.82) is 0 Å². The van der Waals surface area contributed by atoms with Gasteiger partial charge in [0.05, 0.1) is 6.61 Å². The van der Waals surface area contributed by atoms with Gasteiger partial charge < -0.3 is 14.6 Å². The van der Waals surface area contributed by atoms with Crippen LogP contribution in [0.3, 0.4) is 0 Å². The first-order valence-corrected chi connectivity index (χ1v) is 8.11. The Hall–Kier alpha value is -2.28. The van der Waals surface area contributed by atoms with Crippen molar-refractivity contribution in [3.8, 4) is 11.5 Å². The predicted octanol–water partition coefficient (Wildman–Crippen LogP) is 5.33. The molecule has 0 bridgehead atoms. The van der Waals surface area contributed by atoms with Gasteiger partial charge in [-0.25, -0.2) is 9.13 Å². The fourth-order valence-electron chi connectivity index (χ4n) is 1.75. The highest BCUT2D eigenvalue weighted by Gasteiger charge is 2.79. The summed E-state index contributed by atoms with van der Waals surface area (Å²) < 4.78 is 194. The van der Waals surface area contributed by atoms with Gasteiger partial charge in [0.25, 0.3) is 0 Å². The lowest BCUT2D eigenvalue weighted by molar-refractivity contribution is -0.549. The van der Waals surface area contributed by atoms with Gasteiger partial charge in [-0.1, -0.05) is 12.1 Å². The topological polar surface area (TPSA) is 57.2 Å². The Morgan fingerprint density at radius 1 is 0.765 bits per heavy atom. The van der Waals surface area contributed by atoms with Crippen LogP contribution >= 0.6 is 0 Å². The number of aliphatic hydroxyl groups excluding tert-OH is 1. The van der Waals surface area contributed by atoms with E-state index in [2.05, 4.69) is 14.2 Å². The zero-order valence-electron chi connectivity index (χ0n) is 15.7. The van der Waals surface area contributed by atoms with Crippen LogP contribution in [-0.2, 0) is 9.47 Å². The summed E-state index contributed by atoms with van der Waals surface area (Å²) in [6.07, 6.45) is -32.8. The Morgan fingerprint density at radius 3 is 1.71 bits per heavy atom. The molecule has 1 rings (SSSR count). The van der Waals surface area contributed by atoms with E-state index >= 15 is 0 Å². The summed E-state index contributed by atoms with van der Waals surface area (Å²) in [4.78, 5) is 0. The largest absolute Gasteiger partial charge is 0.487 e. The number of halogens is 14. The Balaban J connectivity index is 3.24. The monoisotopic (exact) mass is 536 g/mol. The minimum atomic E-state index is -7.51. The number of benzene rings is 1. The van der Waals surface area contributed by atoms with Crippen molar-refractivity contribution >= 4 is 0 Å². The Labute approximate surface area is 178 Å². The number of aliphatic hydroxyl groups is 1. The van der Waals surface area contributed by atoms with E-state index in [0.29, 0.717) is 6.07 Å². The van der Waals surface area contributed by atoms with Crippen LogP contribution in [0, 0.1) is 0 Å². The van der Waals surface area contributed by atoms with Gasteiger partial charge in [-0.3, -0.25) is 4.74 Å². The van der Waals surface area contributed by atoms with Crippen LogP contribution in [0.15, 0.2) is 24.3 Å². The lowest BCUT2D eigenvalue weighted by atomic mass is 10.3. The lowest BCUT2D eigenvalue weighted by Crippen LogP contribution is -2.61. The van der Waals surface area contributed by atoms with Gasteiger partial charge in [0.2, 0.25) is 0 Å². The van der Waals surface area contributed by atoms with E-state index in [1.54, 1.807) is 4.74 Å². The van der Waals surface area contributed by atoms with Crippen LogP contribution in [0.25, 0.3) is 0 Å². The molecule has 0 aliphatic carbocycles. The van der Waals surface area contributed by atoms with Crippen LogP contribution in [-0.4, -0.2) is 61.2 Å². The van der Waals surface area contributed by atoms with Crippen molar-refractivity contribution in [1.82, 2.24) is 0 Å². The molecular weight excluding hydrogens is 526 g/mol. The smallest absolute Gasteiger partial charge is 0.478 e. The number of para-hydroxylation sites is 2. The summed E-state index contributed by atoms with van der Waals surface area (Å²) in [5.74, 6) is -9.42. The first-order valence-electron chi connectivity index (χ1n) is 8.11. The molecule has 1 N–H and O–H groups in total. The average molecular weight is 536 g/mol. The van der Waals surface area contributed by atoms with Gasteiger partial charge in [-0.15, -0.1) is 0 Å². The Morgan fingerprint density at radius 2 is 1.26 bits per heavy atom. The summed E-state index contributed by atoms with van der Waals surface area (Å²) in [5, 5.41) is 8.60. The summed E-state index contributed by atoms with van der Waals surface area (Å²) in [6.45, 7) is -1.29. The first kappa shape index (κ1) is 29.8. The van der Waals surface area contributed by atoms with Gasteiger partial charge in [-0.05, 0) is 12.1 Å². The number of hydrogen-bond acceptors (Lipinski definition) is 5. The highest BCUT2D eigenvalue weighted by Crippen LogP contribution is 2.52. The van der Waals surface area contributed by atoms with Gasteiger partial charge in [0, 0.05) is 0 Å². The molecule has 0 aliphatic heterocycles. The predicted molar refractivity (Wildman–Crippen MR) is 77.5 cm³/mol. The maximum absolute atomic E-state index is 13.8. The quantitative estimate of drug-likeness (QED) is 0.306. The number of ether oxygens (including phenoxy) is 4. The third-order valence-electron chi connectivity index (χ3n) is 3.28. The summed E-state index contributed by atoms with van der Waals surface area (Å²) in [7, 11) is 0. The molecule has 0 aromatic heterocycles. The molecule has 0 saturated carbocycles. The number of hydrogen-bond donors (Lipinski definition) is 1. The van der Waals surface area contributed by atoms with E-state index in [0.717, 1.165) is 18.2 Å². The molecule has 0 saturated heterocycles. The summed E-state index contributed by atoms with van der Waals surface area (Å²) in [6, 6.07) is -3.57. The second-order valence-electron chi connectivity index (χ2n) is 5.84. The molecular formula is C15H10F14O5. The average Bonchev–Trinajstić information content (AvgIpc) is 2.64. The molecule has 0 amide bonds. The molecule has 1 aromatic carbocycles. The van der Waals surface area contributed by atoms with Gasteiger partial charge >= 0.3 is 42.9 Å². The Bertz CT molecular complexity index is 811. The van der Waals surface area contributed by atoms with Gasteiger partial charge in [-0.2, -0.15) is 57.1 Å². The minimum Gasteiger partial charge on any atom is -0.487 e. The van der Waals surface area contributed by atoms with E-state index < -0.39 is 67.6 Å². The highest BCUT2D eigenvalue weighted by atomic mass is 19.4.